The lowest BCUT2D eigenvalue weighted by Gasteiger charge is -2.13. The Labute approximate surface area is 110 Å². The predicted molar refractivity (Wildman–Crippen MR) is 68.2 cm³/mol. The van der Waals surface area contributed by atoms with E-state index in [-0.39, 0.29) is 23.3 Å². The smallest absolute Gasteiger partial charge is 0.398 e. The van der Waals surface area contributed by atoms with E-state index in [9.17, 15) is 18.0 Å². The molecule has 5 heteroatoms. The van der Waals surface area contributed by atoms with Gasteiger partial charge < -0.3 is 5.73 Å². The highest BCUT2D eigenvalue weighted by Gasteiger charge is 2.37. The van der Waals surface area contributed by atoms with Crippen LogP contribution in [0.2, 0.25) is 0 Å². The summed E-state index contributed by atoms with van der Waals surface area (Å²) in [5, 5.41) is 0. The molecule has 0 radical (unpaired) electrons. The maximum atomic E-state index is 13.0. The summed E-state index contributed by atoms with van der Waals surface area (Å²) >= 11 is 0. The average molecular weight is 271 g/mol. The summed E-state index contributed by atoms with van der Waals surface area (Å²) in [7, 11) is 0. The largest absolute Gasteiger partial charge is 0.416 e. The standard InChI is InChI=1S/C14H16F3NO/c1-3-5-9-7-13(19)10(6-4-2)12(18)8-11(9)14(15,16)17/h4-6,8H,3,7,18H2,1-2H3/b6-4+,9-5-. The fourth-order valence-corrected chi connectivity index (χ4v) is 1.90. The Morgan fingerprint density at radius 3 is 2.53 bits per heavy atom. The summed E-state index contributed by atoms with van der Waals surface area (Å²) < 4.78 is 39.0. The molecule has 0 saturated carbocycles. The molecule has 0 aromatic carbocycles. The number of nitrogens with two attached hydrogens (primary N) is 1. The Morgan fingerprint density at radius 1 is 1.42 bits per heavy atom. The van der Waals surface area contributed by atoms with Gasteiger partial charge in [0.2, 0.25) is 0 Å². The van der Waals surface area contributed by atoms with Gasteiger partial charge in [-0.2, -0.15) is 13.2 Å². The van der Waals surface area contributed by atoms with E-state index in [1.807, 2.05) is 0 Å². The summed E-state index contributed by atoms with van der Waals surface area (Å²) in [4.78, 5) is 11.9. The first-order valence-electron chi connectivity index (χ1n) is 5.95. The van der Waals surface area contributed by atoms with E-state index in [0.29, 0.717) is 6.42 Å². The third-order valence-corrected chi connectivity index (χ3v) is 2.70. The molecule has 0 heterocycles. The zero-order valence-corrected chi connectivity index (χ0v) is 10.8. The van der Waals surface area contributed by atoms with E-state index >= 15 is 0 Å². The van der Waals surface area contributed by atoms with Crippen molar-refractivity contribution in [1.29, 1.82) is 0 Å². The number of halogens is 3. The minimum atomic E-state index is -4.52. The number of Topliss-reactive ketones (excluding diaryl/α,β-unsaturated/α-hetero) is 1. The Balaban J connectivity index is 3.42. The number of allylic oxidation sites excluding steroid dienone is 7. The lowest BCUT2D eigenvalue weighted by atomic mass is 9.99. The molecule has 1 rings (SSSR count). The van der Waals surface area contributed by atoms with E-state index in [2.05, 4.69) is 0 Å². The van der Waals surface area contributed by atoms with Crippen LogP contribution in [0.4, 0.5) is 13.2 Å². The topological polar surface area (TPSA) is 43.1 Å². The predicted octanol–water partition coefficient (Wildman–Crippen LogP) is 3.57. The van der Waals surface area contributed by atoms with Gasteiger partial charge in [-0.25, -0.2) is 0 Å². The molecule has 0 saturated heterocycles. The van der Waals surface area contributed by atoms with Gasteiger partial charge in [0.25, 0.3) is 0 Å². The molecular weight excluding hydrogens is 255 g/mol. The van der Waals surface area contributed by atoms with Gasteiger partial charge in [0.1, 0.15) is 0 Å². The molecule has 104 valence electrons. The number of alkyl halides is 3. The summed E-state index contributed by atoms with van der Waals surface area (Å²) in [5.74, 6) is -0.397. The normalized spacial score (nSPS) is 20.2. The minimum absolute atomic E-state index is 0.0116. The molecule has 0 spiro atoms. The molecule has 2 nitrogen and oxygen atoms in total. The van der Waals surface area contributed by atoms with Crippen molar-refractivity contribution in [2.45, 2.75) is 32.9 Å². The number of rotatable bonds is 2. The van der Waals surface area contributed by atoms with Crippen LogP contribution in [0.3, 0.4) is 0 Å². The molecule has 0 aliphatic heterocycles. The second-order valence-electron chi connectivity index (χ2n) is 4.16. The Morgan fingerprint density at radius 2 is 2.05 bits per heavy atom. The zero-order chi connectivity index (χ0) is 14.6. The molecule has 2 N–H and O–H groups in total. The first kappa shape index (κ1) is 15.3. The molecule has 0 unspecified atom stereocenters. The van der Waals surface area contributed by atoms with E-state index in [4.69, 9.17) is 5.73 Å². The molecule has 0 fully saturated rings. The minimum Gasteiger partial charge on any atom is -0.398 e. The second kappa shape index (κ2) is 5.91. The molecular formula is C14H16F3NO. The van der Waals surface area contributed by atoms with Gasteiger partial charge in [0.15, 0.2) is 5.78 Å². The summed E-state index contributed by atoms with van der Waals surface area (Å²) in [6, 6.07) is 0. The van der Waals surface area contributed by atoms with Crippen LogP contribution >= 0.6 is 0 Å². The molecule has 1 aliphatic carbocycles. The average Bonchev–Trinajstić information content (AvgIpc) is 2.40. The lowest BCUT2D eigenvalue weighted by Crippen LogP contribution is -2.15. The second-order valence-corrected chi connectivity index (χ2v) is 4.16. The van der Waals surface area contributed by atoms with Gasteiger partial charge in [-0.1, -0.05) is 25.2 Å². The van der Waals surface area contributed by atoms with Gasteiger partial charge in [0.05, 0.1) is 5.57 Å². The third kappa shape index (κ3) is 3.59. The monoisotopic (exact) mass is 271 g/mol. The highest BCUT2D eigenvalue weighted by Crippen LogP contribution is 2.36. The first-order chi connectivity index (χ1) is 8.81. The Bertz CT molecular complexity index is 493. The van der Waals surface area contributed by atoms with E-state index in [1.54, 1.807) is 19.9 Å². The SMILES string of the molecule is C/C=C/C1=C(N)C=C(C(F)(F)F)/C(=C\CC)CC1=O. The van der Waals surface area contributed by atoms with Crippen LogP contribution in [0.15, 0.2) is 46.7 Å². The van der Waals surface area contributed by atoms with E-state index in [1.165, 1.54) is 12.2 Å². The summed E-state index contributed by atoms with van der Waals surface area (Å²) in [5.41, 5.74) is 4.74. The maximum absolute atomic E-state index is 13.0. The number of carbonyl (C=O) groups excluding carboxylic acids is 1. The van der Waals surface area contributed by atoms with Crippen LogP contribution < -0.4 is 5.73 Å². The van der Waals surface area contributed by atoms with Crippen molar-refractivity contribution in [3.8, 4) is 0 Å². The quantitative estimate of drug-likeness (QED) is 0.834. The van der Waals surface area contributed by atoms with Crippen LogP contribution in [0.25, 0.3) is 0 Å². The zero-order valence-electron chi connectivity index (χ0n) is 10.8. The fourth-order valence-electron chi connectivity index (χ4n) is 1.90. The van der Waals surface area contributed by atoms with Crippen molar-refractivity contribution in [1.82, 2.24) is 0 Å². The van der Waals surface area contributed by atoms with Gasteiger partial charge >= 0.3 is 6.18 Å². The van der Waals surface area contributed by atoms with Crippen molar-refractivity contribution in [2.24, 2.45) is 5.73 Å². The number of carbonyl (C=O) groups is 1. The summed E-state index contributed by atoms with van der Waals surface area (Å²) in [6.07, 6.45) is 0.920. The number of hydrogen-bond donors (Lipinski definition) is 1. The number of ketones is 1. The maximum Gasteiger partial charge on any atom is 0.416 e. The van der Waals surface area contributed by atoms with Crippen LogP contribution in [0.1, 0.15) is 26.7 Å². The van der Waals surface area contributed by atoms with E-state index in [0.717, 1.165) is 6.08 Å². The van der Waals surface area contributed by atoms with Crippen molar-refractivity contribution >= 4 is 5.78 Å². The molecule has 0 aromatic heterocycles. The molecule has 19 heavy (non-hydrogen) atoms. The molecule has 0 atom stereocenters. The Hall–Kier alpha value is -1.78. The first-order valence-corrected chi connectivity index (χ1v) is 5.95. The van der Waals surface area contributed by atoms with Crippen molar-refractivity contribution in [3.63, 3.8) is 0 Å². The van der Waals surface area contributed by atoms with Gasteiger partial charge in [-0.15, -0.1) is 0 Å². The van der Waals surface area contributed by atoms with Crippen LogP contribution in [-0.4, -0.2) is 12.0 Å². The lowest BCUT2D eigenvalue weighted by molar-refractivity contribution is -0.114. The van der Waals surface area contributed by atoms with Crippen LogP contribution in [-0.2, 0) is 4.79 Å². The van der Waals surface area contributed by atoms with Crippen molar-refractivity contribution < 1.29 is 18.0 Å². The summed E-state index contributed by atoms with van der Waals surface area (Å²) in [6.45, 7) is 3.40. The van der Waals surface area contributed by atoms with Gasteiger partial charge in [-0.3, -0.25) is 4.79 Å². The van der Waals surface area contributed by atoms with Crippen LogP contribution in [0, 0.1) is 0 Å². The third-order valence-electron chi connectivity index (χ3n) is 2.70. The highest BCUT2D eigenvalue weighted by atomic mass is 19.4. The number of hydrogen-bond acceptors (Lipinski definition) is 2. The van der Waals surface area contributed by atoms with E-state index < -0.39 is 17.5 Å². The van der Waals surface area contributed by atoms with Crippen molar-refractivity contribution in [3.05, 3.63) is 46.7 Å². The van der Waals surface area contributed by atoms with Gasteiger partial charge in [-0.05, 0) is 25.0 Å². The molecule has 0 amide bonds. The molecule has 0 bridgehead atoms. The molecule has 0 aromatic rings. The molecule has 1 aliphatic rings. The van der Waals surface area contributed by atoms with Crippen LogP contribution in [0.5, 0.6) is 0 Å². The highest BCUT2D eigenvalue weighted by molar-refractivity contribution is 6.01. The fraction of sp³-hybridized carbons (Fsp3) is 0.357. The van der Waals surface area contributed by atoms with Crippen molar-refractivity contribution in [2.75, 3.05) is 0 Å². The Kier molecular flexibility index (Phi) is 4.75. The van der Waals surface area contributed by atoms with Gasteiger partial charge in [0, 0.05) is 17.7 Å².